The van der Waals surface area contributed by atoms with Gasteiger partial charge in [-0.3, -0.25) is 4.79 Å². The minimum absolute atomic E-state index is 0.274. The number of benzene rings is 3. The molecule has 2 nitrogen and oxygen atoms in total. The second kappa shape index (κ2) is 7.00. The Kier molecular flexibility index (Phi) is 4.51. The van der Waals surface area contributed by atoms with Crippen LogP contribution in [0.2, 0.25) is 0 Å². The molecule has 1 aliphatic rings. The van der Waals surface area contributed by atoms with Gasteiger partial charge in [-0.1, -0.05) is 72.8 Å². The number of carbonyl (C=O) groups is 1. The van der Waals surface area contributed by atoms with Crippen molar-refractivity contribution < 1.29 is 18.0 Å². The van der Waals surface area contributed by atoms with Crippen LogP contribution in [-0.2, 0) is 4.79 Å². The maximum absolute atomic E-state index is 14.0. The van der Waals surface area contributed by atoms with E-state index in [2.05, 4.69) is 5.32 Å². The third-order valence-electron chi connectivity index (χ3n) is 4.76. The largest absolute Gasteiger partial charge is 0.431 e. The van der Waals surface area contributed by atoms with Crippen LogP contribution >= 0.6 is 0 Å². The second-order valence-electron chi connectivity index (χ2n) is 6.53. The van der Waals surface area contributed by atoms with Gasteiger partial charge < -0.3 is 5.32 Å². The number of ketones is 1. The number of allylic oxidation sites excluding steroid dienone is 2. The normalized spacial score (nSPS) is 18.0. The highest BCUT2D eigenvalue weighted by Gasteiger charge is 2.45. The maximum Gasteiger partial charge on any atom is 0.431 e. The summed E-state index contributed by atoms with van der Waals surface area (Å²) in [5, 5.41) is 2.44. The third kappa shape index (κ3) is 3.20. The Morgan fingerprint density at radius 3 is 2.00 bits per heavy atom. The Balaban J connectivity index is 1.92. The summed E-state index contributed by atoms with van der Waals surface area (Å²) in [7, 11) is 0. The summed E-state index contributed by atoms with van der Waals surface area (Å²) in [5.41, 5.74) is 0.504. The molecule has 0 aromatic heterocycles. The zero-order chi connectivity index (χ0) is 19.7. The molecule has 3 aromatic rings. The number of rotatable bonds is 3. The van der Waals surface area contributed by atoms with Crippen LogP contribution < -0.4 is 5.32 Å². The zero-order valence-corrected chi connectivity index (χ0v) is 14.7. The first-order valence-electron chi connectivity index (χ1n) is 8.79. The molecule has 4 rings (SSSR count). The number of Topliss-reactive ketones (excluding diaryl/α,β-unsaturated/α-hetero) is 1. The van der Waals surface area contributed by atoms with Crippen molar-refractivity contribution in [1.82, 2.24) is 0 Å². The molecule has 140 valence electrons. The van der Waals surface area contributed by atoms with Crippen LogP contribution in [0, 0.1) is 0 Å². The predicted octanol–water partition coefficient (Wildman–Crippen LogP) is 5.79. The first-order valence-corrected chi connectivity index (χ1v) is 8.79. The highest BCUT2D eigenvalue weighted by Crippen LogP contribution is 2.46. The molecule has 0 fully saturated rings. The van der Waals surface area contributed by atoms with Gasteiger partial charge in [-0.05, 0) is 28.8 Å². The van der Waals surface area contributed by atoms with Gasteiger partial charge in [-0.2, -0.15) is 13.2 Å². The molecule has 0 saturated heterocycles. The summed E-state index contributed by atoms with van der Waals surface area (Å²) in [5.74, 6) is -1.30. The van der Waals surface area contributed by atoms with E-state index in [9.17, 15) is 18.0 Å². The van der Waals surface area contributed by atoms with Gasteiger partial charge in [-0.25, -0.2) is 0 Å². The molecule has 0 amide bonds. The molecule has 28 heavy (non-hydrogen) atoms. The smallest absolute Gasteiger partial charge is 0.351 e. The average Bonchev–Trinajstić information content (AvgIpc) is 2.98. The summed E-state index contributed by atoms with van der Waals surface area (Å²) < 4.78 is 41.9. The molecule has 0 radical (unpaired) electrons. The number of halogens is 3. The van der Waals surface area contributed by atoms with Gasteiger partial charge in [0.15, 0.2) is 5.78 Å². The van der Waals surface area contributed by atoms with Crippen molar-refractivity contribution in [3.8, 4) is 0 Å². The van der Waals surface area contributed by atoms with E-state index in [-0.39, 0.29) is 11.3 Å². The summed E-state index contributed by atoms with van der Waals surface area (Å²) in [6.07, 6.45) is -4.71. The third-order valence-corrected chi connectivity index (χ3v) is 4.76. The molecule has 0 saturated carbocycles. The second-order valence-corrected chi connectivity index (χ2v) is 6.53. The van der Waals surface area contributed by atoms with E-state index in [1.54, 1.807) is 66.7 Å². The lowest BCUT2D eigenvalue weighted by Gasteiger charge is -2.17. The van der Waals surface area contributed by atoms with Crippen molar-refractivity contribution in [2.24, 2.45) is 0 Å². The van der Waals surface area contributed by atoms with Crippen molar-refractivity contribution in [2.75, 3.05) is 5.32 Å². The molecule has 1 aliphatic carbocycles. The summed E-state index contributed by atoms with van der Waals surface area (Å²) in [6.45, 7) is 0. The molecule has 1 atom stereocenters. The van der Waals surface area contributed by atoms with Gasteiger partial charge in [0.2, 0.25) is 0 Å². The number of hydrogen-bond acceptors (Lipinski definition) is 2. The van der Waals surface area contributed by atoms with E-state index < -0.39 is 23.6 Å². The molecule has 0 spiro atoms. The average molecular weight is 379 g/mol. The highest BCUT2D eigenvalue weighted by atomic mass is 19.4. The number of carbonyl (C=O) groups excluding carboxylic acids is 1. The SMILES string of the molecule is O=C1/C(=C(\Nc2ccccc2)C(F)(F)F)c2ccccc2C1c1ccccc1. The van der Waals surface area contributed by atoms with Gasteiger partial charge in [0.05, 0.1) is 11.5 Å². The van der Waals surface area contributed by atoms with E-state index in [1.807, 2.05) is 6.07 Å². The van der Waals surface area contributed by atoms with Gasteiger partial charge in [0, 0.05) is 5.69 Å². The standard InChI is InChI=1S/C23H16F3NO/c24-23(25,26)22(27-16-11-5-2-6-12-16)20-18-14-8-7-13-17(18)19(21(20)28)15-9-3-1-4-10-15/h1-14,19,27H/b22-20-. The lowest BCUT2D eigenvalue weighted by atomic mass is 9.92. The Morgan fingerprint density at radius 2 is 1.36 bits per heavy atom. The van der Waals surface area contributed by atoms with Gasteiger partial charge in [-0.15, -0.1) is 0 Å². The van der Waals surface area contributed by atoms with E-state index in [0.29, 0.717) is 16.7 Å². The van der Waals surface area contributed by atoms with E-state index in [0.717, 1.165) is 0 Å². The number of alkyl halides is 3. The molecule has 1 N–H and O–H groups in total. The van der Waals surface area contributed by atoms with Crippen molar-refractivity contribution >= 4 is 17.0 Å². The fourth-order valence-electron chi connectivity index (χ4n) is 3.57. The quantitative estimate of drug-likeness (QED) is 0.584. The van der Waals surface area contributed by atoms with Crippen molar-refractivity contribution in [1.29, 1.82) is 0 Å². The monoisotopic (exact) mass is 379 g/mol. The molecule has 0 aliphatic heterocycles. The van der Waals surface area contributed by atoms with Gasteiger partial charge in [0.25, 0.3) is 0 Å². The number of hydrogen-bond donors (Lipinski definition) is 1. The zero-order valence-electron chi connectivity index (χ0n) is 14.7. The van der Waals surface area contributed by atoms with Gasteiger partial charge >= 0.3 is 6.18 Å². The van der Waals surface area contributed by atoms with E-state index in [4.69, 9.17) is 0 Å². The Morgan fingerprint density at radius 1 is 0.786 bits per heavy atom. The van der Waals surface area contributed by atoms with Crippen LogP contribution in [0.15, 0.2) is 90.6 Å². The highest BCUT2D eigenvalue weighted by molar-refractivity contribution is 6.30. The number of anilines is 1. The Bertz CT molecular complexity index is 1040. The van der Waals surface area contributed by atoms with Crippen LogP contribution in [0.4, 0.5) is 18.9 Å². The first-order chi connectivity index (χ1) is 13.5. The lowest BCUT2D eigenvalue weighted by Crippen LogP contribution is -2.23. The molecule has 5 heteroatoms. The lowest BCUT2D eigenvalue weighted by molar-refractivity contribution is -0.115. The fourth-order valence-corrected chi connectivity index (χ4v) is 3.57. The van der Waals surface area contributed by atoms with Gasteiger partial charge in [0.1, 0.15) is 5.70 Å². The van der Waals surface area contributed by atoms with Crippen LogP contribution in [0.1, 0.15) is 22.6 Å². The van der Waals surface area contributed by atoms with Crippen LogP contribution in [0.25, 0.3) is 5.57 Å². The topological polar surface area (TPSA) is 29.1 Å². The Hall–Kier alpha value is -3.34. The summed E-state index contributed by atoms with van der Waals surface area (Å²) in [4.78, 5) is 13.2. The number of nitrogens with one attached hydrogen (secondary N) is 1. The summed E-state index contributed by atoms with van der Waals surface area (Å²) in [6, 6.07) is 23.6. The van der Waals surface area contributed by atoms with Crippen molar-refractivity contribution in [3.63, 3.8) is 0 Å². The molecule has 0 bridgehead atoms. The summed E-state index contributed by atoms with van der Waals surface area (Å²) >= 11 is 0. The van der Waals surface area contributed by atoms with Crippen LogP contribution in [-0.4, -0.2) is 12.0 Å². The molecular formula is C23H16F3NO. The molecule has 0 heterocycles. The van der Waals surface area contributed by atoms with Crippen molar-refractivity contribution in [2.45, 2.75) is 12.1 Å². The molecule has 3 aromatic carbocycles. The minimum Gasteiger partial charge on any atom is -0.351 e. The van der Waals surface area contributed by atoms with Crippen LogP contribution in [0.3, 0.4) is 0 Å². The first kappa shape index (κ1) is 18.0. The van der Waals surface area contributed by atoms with E-state index in [1.165, 1.54) is 12.1 Å². The minimum atomic E-state index is -4.71. The number of para-hydroxylation sites is 1. The molecular weight excluding hydrogens is 363 g/mol. The Labute approximate surface area is 160 Å². The maximum atomic E-state index is 14.0. The van der Waals surface area contributed by atoms with Crippen LogP contribution in [0.5, 0.6) is 0 Å². The number of fused-ring (bicyclic) bond motifs is 1. The fraction of sp³-hybridized carbons (Fsp3) is 0.0870. The van der Waals surface area contributed by atoms with Crippen molar-refractivity contribution in [3.05, 3.63) is 107 Å². The predicted molar refractivity (Wildman–Crippen MR) is 103 cm³/mol. The van der Waals surface area contributed by atoms with E-state index >= 15 is 0 Å². The molecule has 1 unspecified atom stereocenters.